The molecule has 0 spiro atoms. The van der Waals surface area contributed by atoms with Gasteiger partial charge >= 0.3 is 5.97 Å². The molecule has 1 saturated heterocycles. The van der Waals surface area contributed by atoms with Gasteiger partial charge in [-0.1, -0.05) is 51.3 Å². The summed E-state index contributed by atoms with van der Waals surface area (Å²) in [6.07, 6.45) is 2.74. The zero-order valence-corrected chi connectivity index (χ0v) is 25.4. The molecule has 3 heterocycles. The van der Waals surface area contributed by atoms with E-state index < -0.39 is 29.2 Å². The predicted molar refractivity (Wildman–Crippen MR) is 158 cm³/mol. The van der Waals surface area contributed by atoms with Gasteiger partial charge in [0.05, 0.1) is 28.1 Å². The zero-order valence-electron chi connectivity index (χ0n) is 24.7. The first-order chi connectivity index (χ1) is 19.7. The number of rotatable bonds is 4. The summed E-state index contributed by atoms with van der Waals surface area (Å²) >= 11 is 5.89. The number of nitrogens with zero attached hydrogens (tertiary/aromatic N) is 3. The molecule has 224 valence electrons. The fourth-order valence-corrected chi connectivity index (χ4v) is 6.41. The monoisotopic (exact) mass is 597 g/mol. The number of carbonyl (C=O) groups excluding carboxylic acids is 2. The van der Waals surface area contributed by atoms with Gasteiger partial charge in [0.25, 0.3) is 5.91 Å². The molecule has 1 aromatic carbocycles. The Morgan fingerprint density at radius 2 is 1.76 bits per heavy atom. The summed E-state index contributed by atoms with van der Waals surface area (Å²) in [5.41, 5.74) is 1.82. The van der Waals surface area contributed by atoms with Crippen molar-refractivity contribution in [2.75, 3.05) is 19.6 Å². The van der Waals surface area contributed by atoms with Crippen molar-refractivity contribution < 1.29 is 28.3 Å². The van der Waals surface area contributed by atoms with Crippen molar-refractivity contribution in [1.29, 1.82) is 0 Å². The van der Waals surface area contributed by atoms with Gasteiger partial charge in [0.2, 0.25) is 5.91 Å². The van der Waals surface area contributed by atoms with Gasteiger partial charge in [-0.15, -0.1) is 0 Å². The summed E-state index contributed by atoms with van der Waals surface area (Å²) in [6.45, 7) is 10.8. The van der Waals surface area contributed by atoms with Crippen molar-refractivity contribution in [3.8, 4) is 11.3 Å². The number of aliphatic carboxylic acids is 1. The van der Waals surface area contributed by atoms with Crippen molar-refractivity contribution in [1.82, 2.24) is 14.8 Å². The molecule has 8 nitrogen and oxygen atoms in total. The third kappa shape index (κ3) is 5.63. The molecule has 0 bridgehead atoms. The molecule has 42 heavy (non-hydrogen) atoms. The lowest BCUT2D eigenvalue weighted by Crippen LogP contribution is -2.63. The number of fused-ring (bicyclic) bond motifs is 1. The van der Waals surface area contributed by atoms with E-state index in [1.165, 1.54) is 12.1 Å². The Labute approximate surface area is 249 Å². The van der Waals surface area contributed by atoms with Crippen LogP contribution in [0.15, 0.2) is 34.7 Å². The van der Waals surface area contributed by atoms with Gasteiger partial charge in [0, 0.05) is 36.8 Å². The minimum Gasteiger partial charge on any atom is -0.481 e. The number of carboxylic acids is 1. The van der Waals surface area contributed by atoms with Crippen LogP contribution in [0.1, 0.15) is 76.4 Å². The van der Waals surface area contributed by atoms with Crippen LogP contribution in [0.5, 0.6) is 0 Å². The lowest BCUT2D eigenvalue weighted by atomic mass is 9.78. The van der Waals surface area contributed by atoms with Gasteiger partial charge < -0.3 is 19.3 Å². The number of benzene rings is 1. The molecule has 2 atom stereocenters. The molecule has 1 aliphatic carbocycles. The molecule has 0 radical (unpaired) electrons. The van der Waals surface area contributed by atoms with Crippen LogP contribution < -0.4 is 0 Å². The first-order valence-electron chi connectivity index (χ1n) is 14.4. The molecule has 2 fully saturated rings. The van der Waals surface area contributed by atoms with Gasteiger partial charge in [0.15, 0.2) is 11.3 Å². The van der Waals surface area contributed by atoms with Gasteiger partial charge in [-0.05, 0) is 50.3 Å². The highest BCUT2D eigenvalue weighted by molar-refractivity contribution is 6.30. The Morgan fingerprint density at radius 3 is 2.38 bits per heavy atom. The molecule has 3 aromatic rings. The summed E-state index contributed by atoms with van der Waals surface area (Å²) in [5, 5.41) is 9.70. The number of pyridine rings is 1. The lowest BCUT2D eigenvalue weighted by Gasteiger charge is -2.48. The molecule has 5 rings (SSSR count). The maximum atomic E-state index is 14.3. The first kappa shape index (κ1) is 30.0. The minimum absolute atomic E-state index is 0.0249. The predicted octanol–water partition coefficient (Wildman–Crippen LogP) is 6.54. The van der Waals surface area contributed by atoms with Gasteiger partial charge in [0.1, 0.15) is 11.3 Å². The van der Waals surface area contributed by atoms with E-state index in [1.807, 2.05) is 40.7 Å². The van der Waals surface area contributed by atoms with Crippen LogP contribution in [0, 0.1) is 17.7 Å². The van der Waals surface area contributed by atoms with E-state index >= 15 is 0 Å². The maximum Gasteiger partial charge on any atom is 0.307 e. The smallest absolute Gasteiger partial charge is 0.307 e. The standard InChI is InChI=1S/C32H37ClFN3O5/c1-31(2,3)21-15-24(18-10-11-22(33)23(34)14-18)35-25-16-26(42-27(21)25)29(39)37-13-12-36(17-32(37,4)5)28(38)19-8-6-7-9-20(19)30(40)41/h10-11,14-16,19-20H,6-9,12-13,17H2,1-5H3,(H,40,41)/t19-,20-/m1/s1. The third-order valence-corrected chi connectivity index (χ3v) is 8.88. The molecule has 2 aliphatic rings. The minimum atomic E-state index is -0.918. The Morgan fingerprint density at radius 1 is 1.07 bits per heavy atom. The number of aromatic nitrogens is 1. The topological polar surface area (TPSA) is 104 Å². The summed E-state index contributed by atoms with van der Waals surface area (Å²) in [5.74, 6) is -2.98. The number of halogens is 2. The number of carboxylic acid groups (broad SMARTS) is 1. The Balaban J connectivity index is 1.43. The molecule has 0 unspecified atom stereocenters. The number of carbonyl (C=O) groups is 3. The number of furan rings is 1. The van der Waals surface area contributed by atoms with Crippen molar-refractivity contribution in [2.24, 2.45) is 11.8 Å². The van der Waals surface area contributed by atoms with E-state index in [0.29, 0.717) is 48.3 Å². The molecule has 2 amide bonds. The van der Waals surface area contributed by atoms with Crippen molar-refractivity contribution in [3.63, 3.8) is 0 Å². The maximum absolute atomic E-state index is 14.3. The zero-order chi connectivity index (χ0) is 30.6. The summed E-state index contributed by atoms with van der Waals surface area (Å²) in [4.78, 5) is 47.2. The second kappa shape index (κ2) is 11.0. The van der Waals surface area contributed by atoms with Gasteiger partial charge in [-0.3, -0.25) is 14.4 Å². The van der Waals surface area contributed by atoms with Crippen LogP contribution in [0.2, 0.25) is 5.02 Å². The second-order valence-electron chi connectivity index (χ2n) is 13.1. The summed E-state index contributed by atoms with van der Waals surface area (Å²) < 4.78 is 20.4. The molecule has 1 saturated carbocycles. The van der Waals surface area contributed by atoms with Crippen LogP contribution in [-0.4, -0.2) is 62.8 Å². The molecule has 1 aliphatic heterocycles. The number of piperazine rings is 1. The summed E-state index contributed by atoms with van der Waals surface area (Å²) in [7, 11) is 0. The number of hydrogen-bond acceptors (Lipinski definition) is 5. The fourth-order valence-electron chi connectivity index (χ4n) is 6.30. The Kier molecular flexibility index (Phi) is 7.85. The van der Waals surface area contributed by atoms with Crippen molar-refractivity contribution >= 4 is 40.5 Å². The normalized spacial score (nSPS) is 21.0. The van der Waals surface area contributed by atoms with Crippen LogP contribution in [-0.2, 0) is 15.0 Å². The highest BCUT2D eigenvalue weighted by Gasteiger charge is 2.44. The van der Waals surface area contributed by atoms with E-state index in [2.05, 4.69) is 0 Å². The Hall–Kier alpha value is -3.46. The Bertz CT molecular complexity index is 1560. The molecular weight excluding hydrogens is 561 g/mol. The fraction of sp³-hybridized carbons (Fsp3) is 0.500. The molecular formula is C32H37ClFN3O5. The first-order valence-corrected chi connectivity index (χ1v) is 14.8. The van der Waals surface area contributed by atoms with Crippen LogP contribution in [0.3, 0.4) is 0 Å². The van der Waals surface area contributed by atoms with E-state index in [9.17, 15) is 23.9 Å². The lowest BCUT2D eigenvalue weighted by molar-refractivity contribution is -0.154. The summed E-state index contributed by atoms with van der Waals surface area (Å²) in [6, 6.07) is 8.00. The second-order valence-corrected chi connectivity index (χ2v) is 13.5. The quantitative estimate of drug-likeness (QED) is 0.366. The SMILES string of the molecule is CC(C)(C)c1cc(-c2ccc(Cl)c(F)c2)nc2cc(C(=O)N3CCN(C(=O)[C@@H]4CCCC[C@H]4C(=O)O)CC3(C)C)oc12. The molecule has 1 N–H and O–H groups in total. The highest BCUT2D eigenvalue weighted by Crippen LogP contribution is 2.37. The number of amides is 2. The number of hydrogen-bond donors (Lipinski definition) is 1. The van der Waals surface area contributed by atoms with E-state index in [0.717, 1.165) is 18.4 Å². The van der Waals surface area contributed by atoms with Gasteiger partial charge in [-0.25, -0.2) is 9.37 Å². The average Bonchev–Trinajstić information content (AvgIpc) is 3.36. The van der Waals surface area contributed by atoms with Crippen LogP contribution >= 0.6 is 11.6 Å². The van der Waals surface area contributed by atoms with Crippen LogP contribution in [0.25, 0.3) is 22.4 Å². The molecule has 2 aromatic heterocycles. The van der Waals surface area contributed by atoms with E-state index in [1.54, 1.807) is 21.9 Å². The van der Waals surface area contributed by atoms with Crippen LogP contribution in [0.4, 0.5) is 4.39 Å². The van der Waals surface area contributed by atoms with Gasteiger partial charge in [-0.2, -0.15) is 0 Å². The van der Waals surface area contributed by atoms with Crippen molar-refractivity contribution in [3.05, 3.63) is 52.5 Å². The third-order valence-electron chi connectivity index (χ3n) is 8.57. The van der Waals surface area contributed by atoms with E-state index in [4.69, 9.17) is 21.0 Å². The highest BCUT2D eigenvalue weighted by atomic mass is 35.5. The average molecular weight is 598 g/mol. The van der Waals surface area contributed by atoms with Crippen molar-refractivity contribution in [2.45, 2.75) is 71.3 Å². The molecule has 10 heteroatoms. The van der Waals surface area contributed by atoms with E-state index in [-0.39, 0.29) is 34.6 Å². The largest absolute Gasteiger partial charge is 0.481 e.